The lowest BCUT2D eigenvalue weighted by atomic mass is 9.98. The average molecular weight is 331 g/mol. The first-order valence-electron chi connectivity index (χ1n) is 8.51. The molecule has 3 rings (SSSR count). The fourth-order valence-corrected chi connectivity index (χ4v) is 4.53. The van der Waals surface area contributed by atoms with Crippen LogP contribution in [0.2, 0.25) is 0 Å². The number of thioether (sulfide) groups is 1. The topological polar surface area (TPSA) is 38.1 Å². The third-order valence-corrected chi connectivity index (χ3v) is 5.70. The van der Waals surface area contributed by atoms with Crippen LogP contribution in [0.1, 0.15) is 40.0 Å². The fraction of sp³-hybridized carbons (Fsp3) is 0.556. The molecule has 23 heavy (non-hydrogen) atoms. The average Bonchev–Trinajstić information content (AvgIpc) is 2.90. The van der Waals surface area contributed by atoms with Crippen LogP contribution in [0.15, 0.2) is 29.4 Å². The smallest absolute Gasteiger partial charge is 0.233 e. The predicted molar refractivity (Wildman–Crippen MR) is 95.8 cm³/mol. The monoisotopic (exact) mass is 331 g/mol. The van der Waals surface area contributed by atoms with Gasteiger partial charge in [0.25, 0.3) is 0 Å². The molecule has 1 aliphatic rings. The number of hydrogen-bond acceptors (Lipinski definition) is 3. The molecule has 0 aliphatic carbocycles. The van der Waals surface area contributed by atoms with Crippen LogP contribution >= 0.6 is 11.8 Å². The number of likely N-dealkylation sites (tertiary alicyclic amines) is 1. The lowest BCUT2D eigenvalue weighted by Gasteiger charge is -2.39. The van der Waals surface area contributed by atoms with Gasteiger partial charge in [-0.15, -0.1) is 0 Å². The number of carbonyl (C=O) groups excluding carboxylic acids is 1. The number of aromatic nitrogens is 2. The second kappa shape index (κ2) is 6.95. The molecule has 0 radical (unpaired) electrons. The minimum Gasteiger partial charge on any atom is -0.337 e. The van der Waals surface area contributed by atoms with Crippen molar-refractivity contribution in [2.75, 3.05) is 5.75 Å². The normalized spacial score (nSPS) is 21.8. The van der Waals surface area contributed by atoms with Crippen molar-refractivity contribution >= 4 is 28.7 Å². The minimum atomic E-state index is 0.240. The summed E-state index contributed by atoms with van der Waals surface area (Å²) in [6, 6.07) is 8.88. The highest BCUT2D eigenvalue weighted by atomic mass is 32.2. The maximum absolute atomic E-state index is 12.7. The number of benzene rings is 1. The van der Waals surface area contributed by atoms with Crippen LogP contribution in [-0.2, 0) is 11.3 Å². The third-order valence-electron chi connectivity index (χ3n) is 4.74. The summed E-state index contributed by atoms with van der Waals surface area (Å²) in [6.07, 6.45) is 3.47. The maximum Gasteiger partial charge on any atom is 0.233 e. The molecular formula is C18H25N3OS. The summed E-state index contributed by atoms with van der Waals surface area (Å²) in [5.41, 5.74) is 2.15. The van der Waals surface area contributed by atoms with Crippen molar-refractivity contribution in [3.8, 4) is 0 Å². The van der Waals surface area contributed by atoms with Crippen LogP contribution < -0.4 is 0 Å². The van der Waals surface area contributed by atoms with Crippen LogP contribution in [-0.4, -0.2) is 38.2 Å². The van der Waals surface area contributed by atoms with Crippen LogP contribution in [0.4, 0.5) is 0 Å². The number of imidazole rings is 1. The molecule has 2 unspecified atom stereocenters. The van der Waals surface area contributed by atoms with Crippen molar-refractivity contribution in [2.45, 2.75) is 63.8 Å². The van der Waals surface area contributed by atoms with Crippen LogP contribution in [0.25, 0.3) is 11.0 Å². The van der Waals surface area contributed by atoms with Crippen LogP contribution in [0, 0.1) is 0 Å². The molecule has 0 N–H and O–H groups in total. The molecule has 1 fully saturated rings. The minimum absolute atomic E-state index is 0.240. The van der Waals surface area contributed by atoms with E-state index in [1.165, 1.54) is 6.42 Å². The largest absolute Gasteiger partial charge is 0.337 e. The second-order valence-corrected chi connectivity index (χ2v) is 7.29. The number of fused-ring (bicyclic) bond motifs is 1. The molecule has 124 valence electrons. The molecule has 5 heteroatoms. The summed E-state index contributed by atoms with van der Waals surface area (Å²) in [7, 11) is 0. The summed E-state index contributed by atoms with van der Waals surface area (Å²) in [6.45, 7) is 7.32. The van der Waals surface area contributed by atoms with Gasteiger partial charge in [0, 0.05) is 18.6 Å². The molecule has 2 atom stereocenters. The zero-order valence-electron chi connectivity index (χ0n) is 14.2. The summed E-state index contributed by atoms with van der Waals surface area (Å²) in [5, 5.41) is 0.944. The lowest BCUT2D eigenvalue weighted by Crippen LogP contribution is -2.48. The molecular weight excluding hydrogens is 306 g/mol. The van der Waals surface area contributed by atoms with Gasteiger partial charge in [0.15, 0.2) is 5.16 Å². The summed E-state index contributed by atoms with van der Waals surface area (Å²) in [5.74, 6) is 0.710. The van der Waals surface area contributed by atoms with E-state index in [1.807, 2.05) is 18.2 Å². The van der Waals surface area contributed by atoms with Gasteiger partial charge < -0.3 is 9.47 Å². The van der Waals surface area contributed by atoms with Gasteiger partial charge in [-0.3, -0.25) is 4.79 Å². The highest BCUT2D eigenvalue weighted by molar-refractivity contribution is 7.99. The van der Waals surface area contributed by atoms with Gasteiger partial charge in [0.2, 0.25) is 5.91 Å². The molecule has 1 aliphatic heterocycles. The standard InChI is InChI=1S/C18H25N3OS/c1-4-20-16-11-6-5-10-15(16)19-18(20)23-12-17(22)21-13(2)8-7-9-14(21)3/h5-6,10-11,13-14H,4,7-9,12H2,1-3H3. The molecule has 2 aromatic rings. The highest BCUT2D eigenvalue weighted by Gasteiger charge is 2.29. The molecule has 0 bridgehead atoms. The first-order valence-corrected chi connectivity index (χ1v) is 9.49. The number of carbonyl (C=O) groups is 1. The Morgan fingerprint density at radius 2 is 1.96 bits per heavy atom. The molecule has 0 spiro atoms. The number of amides is 1. The van der Waals surface area contributed by atoms with E-state index >= 15 is 0 Å². The van der Waals surface area contributed by atoms with Crippen molar-refractivity contribution in [2.24, 2.45) is 0 Å². The van der Waals surface area contributed by atoms with Gasteiger partial charge in [-0.25, -0.2) is 4.98 Å². The number of piperidine rings is 1. The van der Waals surface area contributed by atoms with Gasteiger partial charge in [-0.1, -0.05) is 23.9 Å². The number of hydrogen-bond donors (Lipinski definition) is 0. The molecule has 1 aromatic heterocycles. The second-order valence-electron chi connectivity index (χ2n) is 6.35. The van der Waals surface area contributed by atoms with Gasteiger partial charge in [-0.2, -0.15) is 0 Å². The van der Waals surface area contributed by atoms with Crippen molar-refractivity contribution in [3.05, 3.63) is 24.3 Å². The van der Waals surface area contributed by atoms with E-state index in [9.17, 15) is 4.79 Å². The number of rotatable bonds is 4. The van der Waals surface area contributed by atoms with E-state index in [0.717, 1.165) is 35.6 Å². The Kier molecular flexibility index (Phi) is 4.95. The van der Waals surface area contributed by atoms with E-state index in [-0.39, 0.29) is 5.91 Å². The molecule has 1 saturated heterocycles. The Bertz CT molecular complexity index is 687. The Hall–Kier alpha value is -1.49. The van der Waals surface area contributed by atoms with E-state index < -0.39 is 0 Å². The molecule has 0 saturated carbocycles. The SMILES string of the molecule is CCn1c(SCC(=O)N2C(C)CCCC2C)nc2ccccc21. The summed E-state index contributed by atoms with van der Waals surface area (Å²) in [4.78, 5) is 19.4. The van der Waals surface area contributed by atoms with Crippen molar-refractivity contribution in [3.63, 3.8) is 0 Å². The first-order chi connectivity index (χ1) is 11.1. The fourth-order valence-electron chi connectivity index (χ4n) is 3.58. The maximum atomic E-state index is 12.7. The predicted octanol–water partition coefficient (Wildman–Crippen LogP) is 3.94. The zero-order valence-corrected chi connectivity index (χ0v) is 15.0. The van der Waals surface area contributed by atoms with Crippen molar-refractivity contribution in [1.82, 2.24) is 14.5 Å². The van der Waals surface area contributed by atoms with Gasteiger partial charge in [0.1, 0.15) is 0 Å². The zero-order chi connectivity index (χ0) is 16.4. The van der Waals surface area contributed by atoms with Crippen molar-refractivity contribution < 1.29 is 4.79 Å². The quantitative estimate of drug-likeness (QED) is 0.797. The van der Waals surface area contributed by atoms with Crippen LogP contribution in [0.5, 0.6) is 0 Å². The Morgan fingerprint density at radius 1 is 1.26 bits per heavy atom. The van der Waals surface area contributed by atoms with Crippen LogP contribution in [0.3, 0.4) is 0 Å². The van der Waals surface area contributed by atoms with Gasteiger partial charge in [0.05, 0.1) is 16.8 Å². The van der Waals surface area contributed by atoms with E-state index in [4.69, 9.17) is 4.98 Å². The van der Waals surface area contributed by atoms with Gasteiger partial charge >= 0.3 is 0 Å². The van der Waals surface area contributed by atoms with Gasteiger partial charge in [-0.05, 0) is 52.2 Å². The van der Waals surface area contributed by atoms with E-state index in [2.05, 4.69) is 36.3 Å². The van der Waals surface area contributed by atoms with E-state index in [1.54, 1.807) is 11.8 Å². The Morgan fingerprint density at radius 3 is 2.65 bits per heavy atom. The molecule has 4 nitrogen and oxygen atoms in total. The molecule has 2 heterocycles. The molecule has 1 aromatic carbocycles. The van der Waals surface area contributed by atoms with Crippen molar-refractivity contribution in [1.29, 1.82) is 0 Å². The Balaban J connectivity index is 1.74. The Labute approximate surface area is 142 Å². The summed E-state index contributed by atoms with van der Waals surface area (Å²) >= 11 is 1.56. The summed E-state index contributed by atoms with van der Waals surface area (Å²) < 4.78 is 2.19. The molecule has 1 amide bonds. The number of nitrogens with zero attached hydrogens (tertiary/aromatic N) is 3. The van der Waals surface area contributed by atoms with E-state index in [0.29, 0.717) is 17.8 Å². The first kappa shape index (κ1) is 16.4. The number of aryl methyl sites for hydroxylation is 1. The number of para-hydroxylation sites is 2. The third kappa shape index (κ3) is 3.25. The lowest BCUT2D eigenvalue weighted by molar-refractivity contribution is -0.134. The highest BCUT2D eigenvalue weighted by Crippen LogP contribution is 2.27.